The van der Waals surface area contributed by atoms with E-state index in [4.69, 9.17) is 21.1 Å². The quantitative estimate of drug-likeness (QED) is 0.259. The van der Waals surface area contributed by atoms with Gasteiger partial charge in [0.2, 0.25) is 0 Å². The number of hydrogen-bond acceptors (Lipinski definition) is 6. The Labute approximate surface area is 122 Å². The number of carbonyl (C=O) groups is 3. The van der Waals surface area contributed by atoms with Crippen LogP contribution in [0.3, 0.4) is 0 Å². The predicted octanol–water partition coefficient (Wildman–Crippen LogP) is -1.37. The van der Waals surface area contributed by atoms with E-state index in [-0.39, 0.29) is 13.1 Å². The first kappa shape index (κ1) is 19.3. The van der Waals surface area contributed by atoms with Crippen LogP contribution in [0.4, 0.5) is 0 Å². The van der Waals surface area contributed by atoms with Crippen LogP contribution in [-0.2, 0) is 14.4 Å². The SMILES string of the molecule is NCCCC[C@H](NCCN(CC(=O)O)CC(=O)O)C(=O)O. The van der Waals surface area contributed by atoms with Gasteiger partial charge in [-0.1, -0.05) is 6.42 Å². The molecule has 0 aromatic rings. The fourth-order valence-corrected chi connectivity index (χ4v) is 1.80. The van der Waals surface area contributed by atoms with Crippen molar-refractivity contribution in [1.29, 1.82) is 0 Å². The summed E-state index contributed by atoms with van der Waals surface area (Å²) >= 11 is 0. The van der Waals surface area contributed by atoms with E-state index in [1.54, 1.807) is 0 Å². The molecule has 0 aliphatic rings. The highest BCUT2D eigenvalue weighted by molar-refractivity contribution is 5.73. The van der Waals surface area contributed by atoms with Crippen LogP contribution in [-0.4, -0.2) is 76.9 Å². The average Bonchev–Trinajstić information content (AvgIpc) is 2.35. The molecule has 0 radical (unpaired) electrons. The lowest BCUT2D eigenvalue weighted by molar-refractivity contribution is -0.143. The largest absolute Gasteiger partial charge is 0.480 e. The van der Waals surface area contributed by atoms with Crippen molar-refractivity contribution in [2.75, 3.05) is 32.7 Å². The van der Waals surface area contributed by atoms with Gasteiger partial charge in [0, 0.05) is 13.1 Å². The summed E-state index contributed by atoms with van der Waals surface area (Å²) in [5, 5.41) is 29.2. The lowest BCUT2D eigenvalue weighted by Crippen LogP contribution is -2.43. The Kier molecular flexibility index (Phi) is 10.1. The van der Waals surface area contributed by atoms with Gasteiger partial charge in [0.25, 0.3) is 0 Å². The molecule has 0 bridgehead atoms. The molecule has 0 spiro atoms. The Balaban J connectivity index is 4.20. The highest BCUT2D eigenvalue weighted by atomic mass is 16.4. The Morgan fingerprint density at radius 1 is 1.05 bits per heavy atom. The summed E-state index contributed by atoms with van der Waals surface area (Å²) in [6.45, 7) is 0.0224. The summed E-state index contributed by atoms with van der Waals surface area (Å²) in [5.74, 6) is -3.25. The summed E-state index contributed by atoms with van der Waals surface area (Å²) in [7, 11) is 0. The molecule has 0 saturated carbocycles. The molecular formula is C12H23N3O6. The molecule has 0 saturated heterocycles. The maximum absolute atomic E-state index is 11.0. The first-order chi connectivity index (χ1) is 9.86. The van der Waals surface area contributed by atoms with Gasteiger partial charge in [0.1, 0.15) is 6.04 Å². The Morgan fingerprint density at radius 3 is 2.05 bits per heavy atom. The number of nitrogens with two attached hydrogens (primary N) is 1. The van der Waals surface area contributed by atoms with E-state index in [2.05, 4.69) is 5.32 Å². The monoisotopic (exact) mass is 305 g/mol. The molecule has 0 aliphatic heterocycles. The minimum absolute atomic E-state index is 0.138. The predicted molar refractivity (Wildman–Crippen MR) is 74.0 cm³/mol. The van der Waals surface area contributed by atoms with Crippen molar-refractivity contribution in [2.45, 2.75) is 25.3 Å². The average molecular weight is 305 g/mol. The molecular weight excluding hydrogens is 282 g/mol. The molecule has 0 heterocycles. The lowest BCUT2D eigenvalue weighted by Gasteiger charge is -2.20. The van der Waals surface area contributed by atoms with Crippen LogP contribution in [0.25, 0.3) is 0 Å². The van der Waals surface area contributed by atoms with Crippen LogP contribution in [0.1, 0.15) is 19.3 Å². The van der Waals surface area contributed by atoms with Crippen molar-refractivity contribution in [3.63, 3.8) is 0 Å². The molecule has 6 N–H and O–H groups in total. The second kappa shape index (κ2) is 11.0. The number of carboxylic acid groups (broad SMARTS) is 3. The molecule has 21 heavy (non-hydrogen) atoms. The van der Waals surface area contributed by atoms with E-state index in [1.165, 1.54) is 4.90 Å². The molecule has 0 aromatic heterocycles. The smallest absolute Gasteiger partial charge is 0.320 e. The van der Waals surface area contributed by atoms with Crippen molar-refractivity contribution in [3.8, 4) is 0 Å². The van der Waals surface area contributed by atoms with Crippen molar-refractivity contribution in [3.05, 3.63) is 0 Å². The number of nitrogens with one attached hydrogen (secondary N) is 1. The zero-order valence-electron chi connectivity index (χ0n) is 11.8. The minimum Gasteiger partial charge on any atom is -0.480 e. The third-order valence-electron chi connectivity index (χ3n) is 2.78. The summed E-state index contributed by atoms with van der Waals surface area (Å²) in [5.41, 5.74) is 5.34. The van der Waals surface area contributed by atoms with Crippen LogP contribution in [0.5, 0.6) is 0 Å². The van der Waals surface area contributed by atoms with Gasteiger partial charge in [-0.25, -0.2) is 0 Å². The van der Waals surface area contributed by atoms with Gasteiger partial charge in [0.05, 0.1) is 13.1 Å². The maximum atomic E-state index is 11.0. The molecule has 0 unspecified atom stereocenters. The Bertz CT molecular complexity index is 334. The molecule has 0 amide bonds. The van der Waals surface area contributed by atoms with Crippen LogP contribution in [0.2, 0.25) is 0 Å². The molecule has 0 aromatic carbocycles. The number of unbranched alkanes of at least 4 members (excludes halogenated alkanes) is 1. The van der Waals surface area contributed by atoms with Gasteiger partial charge in [0.15, 0.2) is 0 Å². The summed E-state index contributed by atoms with van der Waals surface area (Å²) in [6.07, 6.45) is 1.83. The number of nitrogens with zero attached hydrogens (tertiary/aromatic N) is 1. The maximum Gasteiger partial charge on any atom is 0.320 e. The van der Waals surface area contributed by atoms with E-state index in [0.29, 0.717) is 19.4 Å². The fraction of sp³-hybridized carbons (Fsp3) is 0.750. The van der Waals surface area contributed by atoms with Crippen molar-refractivity contribution in [1.82, 2.24) is 10.2 Å². The highest BCUT2D eigenvalue weighted by Crippen LogP contribution is 2.00. The normalized spacial score (nSPS) is 12.3. The zero-order valence-corrected chi connectivity index (χ0v) is 11.8. The van der Waals surface area contributed by atoms with Gasteiger partial charge in [-0.2, -0.15) is 0 Å². The van der Waals surface area contributed by atoms with Gasteiger partial charge in [-0.05, 0) is 19.4 Å². The third kappa shape index (κ3) is 10.7. The highest BCUT2D eigenvalue weighted by Gasteiger charge is 2.18. The van der Waals surface area contributed by atoms with Crippen molar-refractivity contribution >= 4 is 17.9 Å². The van der Waals surface area contributed by atoms with E-state index < -0.39 is 37.0 Å². The number of rotatable bonds is 13. The molecule has 0 rings (SSSR count). The van der Waals surface area contributed by atoms with E-state index in [1.807, 2.05) is 0 Å². The molecule has 122 valence electrons. The third-order valence-corrected chi connectivity index (χ3v) is 2.78. The van der Waals surface area contributed by atoms with Crippen LogP contribution >= 0.6 is 0 Å². The van der Waals surface area contributed by atoms with Gasteiger partial charge >= 0.3 is 17.9 Å². The number of aliphatic carboxylic acids is 3. The molecule has 1 atom stereocenters. The second-order valence-electron chi connectivity index (χ2n) is 4.63. The van der Waals surface area contributed by atoms with E-state index in [9.17, 15) is 14.4 Å². The van der Waals surface area contributed by atoms with E-state index in [0.717, 1.165) is 6.42 Å². The number of carboxylic acids is 3. The van der Waals surface area contributed by atoms with Crippen molar-refractivity contribution in [2.24, 2.45) is 5.73 Å². The molecule has 0 fully saturated rings. The molecule has 9 nitrogen and oxygen atoms in total. The van der Waals surface area contributed by atoms with Gasteiger partial charge < -0.3 is 26.4 Å². The summed E-state index contributed by atoms with van der Waals surface area (Å²) in [6, 6.07) is -0.743. The summed E-state index contributed by atoms with van der Waals surface area (Å²) < 4.78 is 0. The van der Waals surface area contributed by atoms with Crippen LogP contribution < -0.4 is 11.1 Å². The Hall–Kier alpha value is -1.71. The topological polar surface area (TPSA) is 153 Å². The Morgan fingerprint density at radius 2 is 1.62 bits per heavy atom. The van der Waals surface area contributed by atoms with Crippen molar-refractivity contribution < 1.29 is 29.7 Å². The summed E-state index contributed by atoms with van der Waals surface area (Å²) in [4.78, 5) is 33.5. The second-order valence-corrected chi connectivity index (χ2v) is 4.63. The molecule has 9 heteroatoms. The standard InChI is InChI=1S/C12H23N3O6/c13-4-2-1-3-9(12(20)21)14-5-6-15(7-10(16)17)8-11(18)19/h9,14H,1-8,13H2,(H,16,17)(H,18,19)(H,20,21)/t9-/m0/s1. The van der Waals surface area contributed by atoms with Crippen LogP contribution in [0.15, 0.2) is 0 Å². The van der Waals surface area contributed by atoms with Crippen LogP contribution in [0, 0.1) is 0 Å². The van der Waals surface area contributed by atoms with Gasteiger partial charge in [-0.15, -0.1) is 0 Å². The van der Waals surface area contributed by atoms with E-state index >= 15 is 0 Å². The minimum atomic E-state index is -1.13. The first-order valence-electron chi connectivity index (χ1n) is 6.69. The van der Waals surface area contributed by atoms with Gasteiger partial charge in [-0.3, -0.25) is 19.3 Å². The lowest BCUT2D eigenvalue weighted by atomic mass is 10.1. The zero-order chi connectivity index (χ0) is 16.3. The molecule has 0 aliphatic carbocycles. The fourth-order valence-electron chi connectivity index (χ4n) is 1.80. The first-order valence-corrected chi connectivity index (χ1v) is 6.69. The number of hydrogen-bond donors (Lipinski definition) is 5.